The van der Waals surface area contributed by atoms with Gasteiger partial charge in [-0.05, 0) is 29.7 Å². The minimum Gasteiger partial charge on any atom is -0.456 e. The summed E-state index contributed by atoms with van der Waals surface area (Å²) in [5, 5.41) is 0. The molecule has 0 saturated carbocycles. The second-order valence-corrected chi connectivity index (χ2v) is 5.76. The summed E-state index contributed by atoms with van der Waals surface area (Å²) in [5.74, 6) is 1.79. The molecule has 0 bridgehead atoms. The molecule has 1 aromatic heterocycles. The smallest absolute Gasteiger partial charge is 0.135 e. The third kappa shape index (κ3) is 2.89. The van der Waals surface area contributed by atoms with E-state index in [-0.39, 0.29) is 0 Å². The van der Waals surface area contributed by atoms with Crippen molar-refractivity contribution >= 4 is 5.57 Å². The van der Waals surface area contributed by atoms with Gasteiger partial charge in [0, 0.05) is 11.1 Å². The van der Waals surface area contributed by atoms with Crippen LogP contribution in [0.2, 0.25) is 0 Å². The maximum atomic E-state index is 6.15. The lowest BCUT2D eigenvalue weighted by atomic mass is 9.97. The third-order valence-corrected chi connectivity index (χ3v) is 4.15. The van der Waals surface area contributed by atoms with E-state index >= 15 is 0 Å². The summed E-state index contributed by atoms with van der Waals surface area (Å²) in [7, 11) is 0. The van der Waals surface area contributed by atoms with Gasteiger partial charge in [0.15, 0.2) is 0 Å². The molecular formula is C23H18O. The number of furan rings is 1. The number of rotatable bonds is 3. The first-order valence-corrected chi connectivity index (χ1v) is 8.20. The van der Waals surface area contributed by atoms with Gasteiger partial charge in [-0.25, -0.2) is 0 Å². The molecule has 0 radical (unpaired) electrons. The predicted molar refractivity (Wildman–Crippen MR) is 100 cm³/mol. The average Bonchev–Trinajstić information content (AvgIpc) is 2.98. The summed E-state index contributed by atoms with van der Waals surface area (Å²) < 4.78 is 6.15. The van der Waals surface area contributed by atoms with Crippen LogP contribution in [0.3, 0.4) is 0 Å². The van der Waals surface area contributed by atoms with Gasteiger partial charge in [-0.3, -0.25) is 0 Å². The summed E-state index contributed by atoms with van der Waals surface area (Å²) >= 11 is 0. The van der Waals surface area contributed by atoms with Crippen LogP contribution in [0.1, 0.15) is 12.0 Å². The number of hydrogen-bond donors (Lipinski definition) is 0. The molecule has 0 amide bonds. The van der Waals surface area contributed by atoms with Gasteiger partial charge in [-0.1, -0.05) is 85.0 Å². The highest BCUT2D eigenvalue weighted by atomic mass is 16.3. The molecule has 116 valence electrons. The van der Waals surface area contributed by atoms with Crippen molar-refractivity contribution in [2.75, 3.05) is 0 Å². The van der Waals surface area contributed by atoms with Crippen LogP contribution in [-0.2, 0) is 0 Å². The van der Waals surface area contributed by atoms with Crippen molar-refractivity contribution < 1.29 is 4.42 Å². The fourth-order valence-corrected chi connectivity index (χ4v) is 2.95. The minimum absolute atomic E-state index is 0.894. The molecule has 24 heavy (non-hydrogen) atoms. The van der Waals surface area contributed by atoms with Crippen molar-refractivity contribution in [2.24, 2.45) is 0 Å². The summed E-state index contributed by atoms with van der Waals surface area (Å²) in [4.78, 5) is 0. The number of benzene rings is 2. The van der Waals surface area contributed by atoms with Gasteiger partial charge < -0.3 is 4.42 Å². The van der Waals surface area contributed by atoms with Gasteiger partial charge in [0.2, 0.25) is 0 Å². The summed E-state index contributed by atoms with van der Waals surface area (Å²) in [5.41, 5.74) is 4.61. The molecule has 4 rings (SSSR count). The molecule has 0 atom stereocenters. The largest absolute Gasteiger partial charge is 0.456 e. The van der Waals surface area contributed by atoms with Crippen LogP contribution in [0.4, 0.5) is 0 Å². The molecule has 0 N–H and O–H groups in total. The van der Waals surface area contributed by atoms with Crippen molar-refractivity contribution in [2.45, 2.75) is 6.42 Å². The fraction of sp³-hybridized carbons (Fsp3) is 0.0435. The van der Waals surface area contributed by atoms with Gasteiger partial charge in [-0.15, -0.1) is 0 Å². The fourth-order valence-electron chi connectivity index (χ4n) is 2.95. The Balaban J connectivity index is 1.77. The van der Waals surface area contributed by atoms with Crippen LogP contribution in [0.15, 0.2) is 102 Å². The van der Waals surface area contributed by atoms with E-state index in [2.05, 4.69) is 72.8 Å². The van der Waals surface area contributed by atoms with Crippen molar-refractivity contribution in [3.63, 3.8) is 0 Å². The molecule has 1 nitrogen and oxygen atoms in total. The summed E-state index contributed by atoms with van der Waals surface area (Å²) in [6.45, 7) is 0. The van der Waals surface area contributed by atoms with E-state index in [1.807, 2.05) is 24.3 Å². The lowest BCUT2D eigenvalue weighted by Gasteiger charge is -2.08. The maximum Gasteiger partial charge on any atom is 0.135 e. The van der Waals surface area contributed by atoms with E-state index in [9.17, 15) is 0 Å². The lowest BCUT2D eigenvalue weighted by Crippen LogP contribution is -1.86. The van der Waals surface area contributed by atoms with E-state index in [1.165, 1.54) is 11.1 Å². The van der Waals surface area contributed by atoms with Crippen LogP contribution >= 0.6 is 0 Å². The Morgan fingerprint density at radius 1 is 0.667 bits per heavy atom. The Hall–Kier alpha value is -3.06. The van der Waals surface area contributed by atoms with Crippen LogP contribution in [0, 0.1) is 0 Å². The lowest BCUT2D eigenvalue weighted by molar-refractivity contribution is 0.597. The Labute approximate surface area is 142 Å². The second-order valence-electron chi connectivity index (χ2n) is 5.76. The molecule has 2 aromatic carbocycles. The van der Waals surface area contributed by atoms with Crippen molar-refractivity contribution in [3.05, 3.63) is 103 Å². The summed E-state index contributed by atoms with van der Waals surface area (Å²) in [6, 6.07) is 22.7. The zero-order valence-electron chi connectivity index (χ0n) is 13.4. The standard InChI is InChI=1S/C23H18O/c1-2-5-11-18(10-4-1)20-14-8-9-15-21(20)23-17-16-22(24-23)19-12-6-3-7-13-19/h1,3-17H,2H2. The predicted octanol–water partition coefficient (Wildman–Crippen LogP) is 6.51. The van der Waals surface area contributed by atoms with Gasteiger partial charge >= 0.3 is 0 Å². The highest BCUT2D eigenvalue weighted by molar-refractivity contribution is 5.85. The first-order valence-electron chi connectivity index (χ1n) is 8.20. The first kappa shape index (κ1) is 14.5. The highest BCUT2D eigenvalue weighted by Crippen LogP contribution is 2.34. The van der Waals surface area contributed by atoms with Crippen molar-refractivity contribution in [1.82, 2.24) is 0 Å². The molecule has 3 aromatic rings. The normalized spacial score (nSPS) is 13.6. The maximum absolute atomic E-state index is 6.15. The first-order chi connectivity index (χ1) is 11.9. The SMILES string of the molecule is C1=CCC=CC(c2ccccc2-c2ccc(-c3ccccc3)o2)=C1. The molecular weight excluding hydrogens is 292 g/mol. The quantitative estimate of drug-likeness (QED) is 0.537. The highest BCUT2D eigenvalue weighted by Gasteiger charge is 2.12. The molecule has 0 unspecified atom stereocenters. The van der Waals surface area contributed by atoms with Crippen LogP contribution in [0.25, 0.3) is 28.2 Å². The Bertz CT molecular complexity index is 923. The number of hydrogen-bond acceptors (Lipinski definition) is 1. The molecule has 0 spiro atoms. The zero-order valence-corrected chi connectivity index (χ0v) is 13.4. The molecule has 0 aliphatic heterocycles. The number of allylic oxidation sites excluding steroid dienone is 6. The van der Waals surface area contributed by atoms with E-state index < -0.39 is 0 Å². The Morgan fingerprint density at radius 3 is 2.29 bits per heavy atom. The Kier molecular flexibility index (Phi) is 3.99. The molecule has 1 aliphatic rings. The summed E-state index contributed by atoms with van der Waals surface area (Å²) in [6.07, 6.45) is 11.8. The van der Waals surface area contributed by atoms with Crippen molar-refractivity contribution in [3.8, 4) is 22.6 Å². The average molecular weight is 310 g/mol. The van der Waals surface area contributed by atoms with Crippen LogP contribution in [-0.4, -0.2) is 0 Å². The van der Waals surface area contributed by atoms with Gasteiger partial charge in [0.1, 0.15) is 11.5 Å². The van der Waals surface area contributed by atoms with E-state index in [0.29, 0.717) is 0 Å². The Morgan fingerprint density at radius 2 is 1.42 bits per heavy atom. The van der Waals surface area contributed by atoms with Crippen molar-refractivity contribution in [1.29, 1.82) is 0 Å². The van der Waals surface area contributed by atoms with Gasteiger partial charge in [0.05, 0.1) is 0 Å². The minimum atomic E-state index is 0.894. The molecule has 1 aliphatic carbocycles. The van der Waals surface area contributed by atoms with E-state index in [1.54, 1.807) is 0 Å². The van der Waals surface area contributed by atoms with E-state index in [4.69, 9.17) is 4.42 Å². The van der Waals surface area contributed by atoms with Gasteiger partial charge in [-0.2, -0.15) is 0 Å². The molecule has 0 saturated heterocycles. The molecule has 1 heteroatoms. The second kappa shape index (κ2) is 6.59. The van der Waals surface area contributed by atoms with Crippen LogP contribution < -0.4 is 0 Å². The van der Waals surface area contributed by atoms with Gasteiger partial charge in [0.25, 0.3) is 0 Å². The topological polar surface area (TPSA) is 13.1 Å². The van der Waals surface area contributed by atoms with E-state index in [0.717, 1.165) is 29.1 Å². The molecule has 1 heterocycles. The zero-order chi connectivity index (χ0) is 16.2. The molecule has 0 fully saturated rings. The third-order valence-electron chi connectivity index (χ3n) is 4.15. The monoisotopic (exact) mass is 310 g/mol. The van der Waals surface area contributed by atoms with Crippen LogP contribution in [0.5, 0.6) is 0 Å².